The van der Waals surface area contributed by atoms with Gasteiger partial charge in [0.1, 0.15) is 12.0 Å². The van der Waals surface area contributed by atoms with Crippen molar-refractivity contribution in [2.75, 3.05) is 6.26 Å². The number of oxazole rings is 1. The number of alkyl halides is 3. The molecule has 9 heteroatoms. The van der Waals surface area contributed by atoms with Crippen LogP contribution in [0.15, 0.2) is 34.9 Å². The Labute approximate surface area is 124 Å². The molecule has 1 atom stereocenters. The van der Waals surface area contributed by atoms with Gasteiger partial charge >= 0.3 is 6.18 Å². The molecule has 0 spiro atoms. The number of nitrogens with zero attached hydrogens (tertiary/aromatic N) is 1. The van der Waals surface area contributed by atoms with E-state index in [9.17, 15) is 21.6 Å². The molecule has 0 N–H and O–H groups in total. The van der Waals surface area contributed by atoms with Gasteiger partial charge in [-0.2, -0.15) is 21.6 Å². The van der Waals surface area contributed by atoms with Crippen molar-refractivity contribution in [1.82, 2.24) is 4.98 Å². The van der Waals surface area contributed by atoms with Crippen LogP contribution >= 0.6 is 0 Å². The summed E-state index contributed by atoms with van der Waals surface area (Å²) in [6, 6.07) is 4.37. The van der Waals surface area contributed by atoms with Crippen LogP contribution in [0.1, 0.15) is 24.5 Å². The number of benzene rings is 1. The van der Waals surface area contributed by atoms with Crippen LogP contribution in [0, 0.1) is 0 Å². The molecule has 0 saturated heterocycles. The smallest absolute Gasteiger partial charge is 0.416 e. The van der Waals surface area contributed by atoms with Crippen LogP contribution < -0.4 is 0 Å². The first-order valence-corrected chi connectivity index (χ1v) is 7.89. The SMILES string of the molecule is CC(OS(C)(=O)=O)c1nc(-c2ccc(C(F)(F)F)cc2)co1. The van der Waals surface area contributed by atoms with Crippen molar-refractivity contribution >= 4 is 10.1 Å². The number of aromatic nitrogens is 1. The third kappa shape index (κ3) is 4.08. The van der Waals surface area contributed by atoms with E-state index < -0.39 is 28.0 Å². The number of halogens is 3. The highest BCUT2D eigenvalue weighted by molar-refractivity contribution is 7.86. The molecule has 1 aromatic carbocycles. The first kappa shape index (κ1) is 16.5. The highest BCUT2D eigenvalue weighted by Crippen LogP contribution is 2.31. The summed E-state index contributed by atoms with van der Waals surface area (Å²) >= 11 is 0. The Balaban J connectivity index is 2.21. The largest absolute Gasteiger partial charge is 0.445 e. The molecule has 1 unspecified atom stereocenters. The molecule has 0 amide bonds. The molecule has 0 aliphatic carbocycles. The van der Waals surface area contributed by atoms with Crippen molar-refractivity contribution in [2.45, 2.75) is 19.2 Å². The molecule has 2 rings (SSSR count). The van der Waals surface area contributed by atoms with Gasteiger partial charge in [-0.25, -0.2) is 4.98 Å². The Morgan fingerprint density at radius 2 is 1.82 bits per heavy atom. The Bertz CT molecular complexity index is 750. The topological polar surface area (TPSA) is 69.4 Å². The second-order valence-electron chi connectivity index (χ2n) is 4.59. The Hall–Kier alpha value is -1.87. The van der Waals surface area contributed by atoms with Crippen molar-refractivity contribution < 1.29 is 30.2 Å². The quantitative estimate of drug-likeness (QED) is 0.801. The lowest BCUT2D eigenvalue weighted by Crippen LogP contribution is -2.07. The van der Waals surface area contributed by atoms with Crippen molar-refractivity contribution in [3.05, 3.63) is 42.0 Å². The zero-order chi connectivity index (χ0) is 16.5. The van der Waals surface area contributed by atoms with Gasteiger partial charge < -0.3 is 4.42 Å². The van der Waals surface area contributed by atoms with E-state index in [0.717, 1.165) is 18.4 Å². The predicted octanol–water partition coefficient (Wildman–Crippen LogP) is 3.40. The average molecular weight is 335 g/mol. The van der Waals surface area contributed by atoms with Gasteiger partial charge in [-0.1, -0.05) is 12.1 Å². The number of hydrogen-bond acceptors (Lipinski definition) is 5. The van der Waals surface area contributed by atoms with E-state index in [2.05, 4.69) is 4.98 Å². The fourth-order valence-corrected chi connectivity index (χ4v) is 2.35. The van der Waals surface area contributed by atoms with Crippen LogP contribution in [0.5, 0.6) is 0 Å². The maximum absolute atomic E-state index is 12.5. The summed E-state index contributed by atoms with van der Waals surface area (Å²) in [7, 11) is -3.67. The molecule has 0 aliphatic heterocycles. The first-order valence-electron chi connectivity index (χ1n) is 6.07. The normalized spacial score (nSPS) is 14.0. The van der Waals surface area contributed by atoms with Gasteiger partial charge in [-0.15, -0.1) is 0 Å². The van der Waals surface area contributed by atoms with E-state index >= 15 is 0 Å². The average Bonchev–Trinajstić information content (AvgIpc) is 2.85. The van der Waals surface area contributed by atoms with E-state index in [1.165, 1.54) is 25.3 Å². The minimum atomic E-state index is -4.41. The van der Waals surface area contributed by atoms with Gasteiger partial charge in [-0.3, -0.25) is 4.18 Å². The van der Waals surface area contributed by atoms with E-state index in [0.29, 0.717) is 5.56 Å². The predicted molar refractivity (Wildman–Crippen MR) is 71.3 cm³/mol. The lowest BCUT2D eigenvalue weighted by Gasteiger charge is -2.06. The summed E-state index contributed by atoms with van der Waals surface area (Å²) in [5.74, 6) is 0.0142. The molecule has 22 heavy (non-hydrogen) atoms. The van der Waals surface area contributed by atoms with Crippen LogP contribution in [-0.2, 0) is 20.5 Å². The summed E-state index contributed by atoms with van der Waals surface area (Å²) in [6.07, 6.45) is -3.23. The molecule has 0 aliphatic rings. The standard InChI is InChI=1S/C13H12F3NO4S/c1-8(21-22(2,18)19)12-17-11(7-20-12)9-3-5-10(6-4-9)13(14,15)16/h3-8H,1-2H3. The van der Waals surface area contributed by atoms with Crippen molar-refractivity contribution in [2.24, 2.45) is 0 Å². The lowest BCUT2D eigenvalue weighted by atomic mass is 10.1. The van der Waals surface area contributed by atoms with Gasteiger partial charge in [0.25, 0.3) is 10.1 Å². The molecule has 2 aromatic rings. The van der Waals surface area contributed by atoms with E-state index in [4.69, 9.17) is 8.60 Å². The third-order valence-electron chi connectivity index (χ3n) is 2.70. The second-order valence-corrected chi connectivity index (χ2v) is 6.19. The fourth-order valence-electron chi connectivity index (χ4n) is 1.74. The Morgan fingerprint density at radius 1 is 1.23 bits per heavy atom. The number of rotatable bonds is 4. The Kier molecular flexibility index (Phi) is 4.30. The fraction of sp³-hybridized carbons (Fsp3) is 0.308. The molecule has 0 saturated carbocycles. The van der Waals surface area contributed by atoms with Crippen LogP contribution in [0.3, 0.4) is 0 Å². The third-order valence-corrected chi connectivity index (χ3v) is 3.34. The summed E-state index contributed by atoms with van der Waals surface area (Å²) < 4.78 is 69.3. The summed E-state index contributed by atoms with van der Waals surface area (Å²) in [6.45, 7) is 1.43. The summed E-state index contributed by atoms with van der Waals surface area (Å²) in [4.78, 5) is 4.02. The van der Waals surface area contributed by atoms with Crippen LogP contribution in [0.2, 0.25) is 0 Å². The van der Waals surface area contributed by atoms with Gasteiger partial charge in [0.15, 0.2) is 6.10 Å². The van der Waals surface area contributed by atoms with Gasteiger partial charge in [0.2, 0.25) is 5.89 Å². The molecule has 1 aromatic heterocycles. The molecule has 120 valence electrons. The molecular weight excluding hydrogens is 323 g/mol. The minimum Gasteiger partial charge on any atom is -0.445 e. The maximum Gasteiger partial charge on any atom is 0.416 e. The molecule has 5 nitrogen and oxygen atoms in total. The highest BCUT2D eigenvalue weighted by atomic mass is 32.2. The molecule has 1 heterocycles. The first-order chi connectivity index (χ1) is 10.1. The van der Waals surface area contributed by atoms with Crippen LogP contribution in [0.4, 0.5) is 13.2 Å². The van der Waals surface area contributed by atoms with Gasteiger partial charge in [-0.05, 0) is 19.1 Å². The van der Waals surface area contributed by atoms with Crippen LogP contribution in [-0.4, -0.2) is 19.7 Å². The van der Waals surface area contributed by atoms with Crippen molar-refractivity contribution in [3.63, 3.8) is 0 Å². The zero-order valence-electron chi connectivity index (χ0n) is 11.6. The molecule has 0 radical (unpaired) electrons. The van der Waals surface area contributed by atoms with E-state index in [1.54, 1.807) is 0 Å². The molecular formula is C13H12F3NO4S. The monoisotopic (exact) mass is 335 g/mol. The summed E-state index contributed by atoms with van der Waals surface area (Å²) in [5, 5.41) is 0. The van der Waals surface area contributed by atoms with Gasteiger partial charge in [0, 0.05) is 5.56 Å². The van der Waals surface area contributed by atoms with Crippen molar-refractivity contribution in [3.8, 4) is 11.3 Å². The maximum atomic E-state index is 12.5. The van der Waals surface area contributed by atoms with E-state index in [-0.39, 0.29) is 11.6 Å². The number of hydrogen-bond donors (Lipinski definition) is 0. The van der Waals surface area contributed by atoms with Crippen LogP contribution in [0.25, 0.3) is 11.3 Å². The minimum absolute atomic E-state index is 0.0142. The Morgan fingerprint density at radius 3 is 2.32 bits per heavy atom. The van der Waals surface area contributed by atoms with E-state index in [1.807, 2.05) is 0 Å². The van der Waals surface area contributed by atoms with Gasteiger partial charge in [0.05, 0.1) is 11.8 Å². The lowest BCUT2D eigenvalue weighted by molar-refractivity contribution is -0.137. The molecule has 0 fully saturated rings. The summed E-state index contributed by atoms with van der Waals surface area (Å²) in [5.41, 5.74) is -0.0732. The molecule has 0 bridgehead atoms. The highest BCUT2D eigenvalue weighted by Gasteiger charge is 2.30. The van der Waals surface area contributed by atoms with Crippen molar-refractivity contribution in [1.29, 1.82) is 0 Å². The second kappa shape index (κ2) is 5.73. The zero-order valence-corrected chi connectivity index (χ0v) is 12.4.